The lowest BCUT2D eigenvalue weighted by Gasteiger charge is -2.27. The number of carboxylic acid groups (broad SMARTS) is 1. The van der Waals surface area contributed by atoms with Gasteiger partial charge in [-0.3, -0.25) is 0 Å². The summed E-state index contributed by atoms with van der Waals surface area (Å²) in [6.07, 6.45) is 1.68. The molecular weight excluding hydrogens is 248 g/mol. The van der Waals surface area contributed by atoms with E-state index in [0.29, 0.717) is 19.6 Å². The number of ether oxygens (including phenoxy) is 1. The monoisotopic (exact) mass is 274 g/mol. The van der Waals surface area contributed by atoms with E-state index in [1.54, 1.807) is 20.8 Å². The normalized spacial score (nSPS) is 12.8. The van der Waals surface area contributed by atoms with Crippen LogP contribution in [-0.4, -0.2) is 42.9 Å². The van der Waals surface area contributed by atoms with Gasteiger partial charge in [0.15, 0.2) is 0 Å². The van der Waals surface area contributed by atoms with E-state index in [4.69, 9.17) is 9.84 Å². The maximum absolute atomic E-state index is 11.6. The molecule has 0 bridgehead atoms. The standard InChI is InChI=1S/C13H26N2O4/c1-5-8-19-9-6-7-14-12(18)15-10(11(16)17)13(2,3)4/h10H,5-9H2,1-4H3,(H,16,17)(H2,14,15,18)/t10-/m1/s1. The Hall–Kier alpha value is -1.30. The minimum absolute atomic E-state index is 0.460. The summed E-state index contributed by atoms with van der Waals surface area (Å²) in [5, 5.41) is 14.2. The molecule has 0 aliphatic heterocycles. The molecule has 112 valence electrons. The van der Waals surface area contributed by atoms with Gasteiger partial charge < -0.3 is 20.5 Å². The molecule has 0 unspecified atom stereocenters. The number of nitrogens with one attached hydrogen (secondary N) is 2. The molecule has 3 N–H and O–H groups in total. The molecule has 0 aliphatic rings. The largest absolute Gasteiger partial charge is 0.480 e. The highest BCUT2D eigenvalue weighted by Crippen LogP contribution is 2.19. The van der Waals surface area contributed by atoms with Crippen molar-refractivity contribution in [2.45, 2.75) is 46.6 Å². The summed E-state index contributed by atoms with van der Waals surface area (Å²) in [6.45, 7) is 9.11. The van der Waals surface area contributed by atoms with Gasteiger partial charge in [0, 0.05) is 19.8 Å². The van der Waals surface area contributed by atoms with Crippen molar-refractivity contribution in [3.8, 4) is 0 Å². The Morgan fingerprint density at radius 3 is 2.37 bits per heavy atom. The number of urea groups is 1. The minimum atomic E-state index is -1.03. The minimum Gasteiger partial charge on any atom is -0.480 e. The van der Waals surface area contributed by atoms with E-state index in [-0.39, 0.29) is 0 Å². The van der Waals surface area contributed by atoms with Crippen LogP contribution in [0.1, 0.15) is 40.5 Å². The first kappa shape index (κ1) is 17.7. The first-order valence-corrected chi connectivity index (χ1v) is 6.64. The lowest BCUT2D eigenvalue weighted by molar-refractivity contribution is -0.141. The van der Waals surface area contributed by atoms with Gasteiger partial charge in [0.05, 0.1) is 0 Å². The maximum Gasteiger partial charge on any atom is 0.326 e. The summed E-state index contributed by atoms with van der Waals surface area (Å²) >= 11 is 0. The number of hydrogen-bond donors (Lipinski definition) is 3. The van der Waals surface area contributed by atoms with Crippen LogP contribution in [0.15, 0.2) is 0 Å². The molecule has 0 aromatic rings. The van der Waals surface area contributed by atoms with Crippen molar-refractivity contribution in [2.75, 3.05) is 19.8 Å². The van der Waals surface area contributed by atoms with E-state index in [1.807, 2.05) is 6.92 Å². The van der Waals surface area contributed by atoms with Crippen molar-refractivity contribution in [1.82, 2.24) is 10.6 Å². The van der Waals surface area contributed by atoms with E-state index in [0.717, 1.165) is 13.0 Å². The molecule has 0 fully saturated rings. The fraction of sp³-hybridized carbons (Fsp3) is 0.846. The Balaban J connectivity index is 3.92. The molecule has 0 spiro atoms. The van der Waals surface area contributed by atoms with Crippen molar-refractivity contribution in [3.05, 3.63) is 0 Å². The first-order chi connectivity index (χ1) is 8.79. The van der Waals surface area contributed by atoms with Gasteiger partial charge in [0.25, 0.3) is 0 Å². The summed E-state index contributed by atoms with van der Waals surface area (Å²) < 4.78 is 5.27. The zero-order valence-corrected chi connectivity index (χ0v) is 12.3. The number of carboxylic acids is 1. The predicted molar refractivity (Wildman–Crippen MR) is 73.1 cm³/mol. The van der Waals surface area contributed by atoms with Gasteiger partial charge in [-0.15, -0.1) is 0 Å². The van der Waals surface area contributed by atoms with Crippen LogP contribution in [0, 0.1) is 5.41 Å². The Kier molecular flexibility index (Phi) is 8.14. The molecule has 1 atom stereocenters. The number of aliphatic carboxylic acids is 1. The van der Waals surface area contributed by atoms with Gasteiger partial charge in [0.1, 0.15) is 6.04 Å². The molecule has 0 radical (unpaired) electrons. The Morgan fingerprint density at radius 2 is 1.89 bits per heavy atom. The van der Waals surface area contributed by atoms with E-state index >= 15 is 0 Å². The smallest absolute Gasteiger partial charge is 0.326 e. The number of amides is 2. The van der Waals surface area contributed by atoms with E-state index in [9.17, 15) is 9.59 Å². The van der Waals surface area contributed by atoms with Crippen molar-refractivity contribution in [3.63, 3.8) is 0 Å². The summed E-state index contributed by atoms with van der Waals surface area (Å²) in [4.78, 5) is 22.6. The van der Waals surface area contributed by atoms with Crippen LogP contribution in [0.3, 0.4) is 0 Å². The van der Waals surface area contributed by atoms with Crippen LogP contribution in [0.2, 0.25) is 0 Å². The quantitative estimate of drug-likeness (QED) is 0.587. The van der Waals surface area contributed by atoms with Crippen LogP contribution in [0.4, 0.5) is 4.79 Å². The highest BCUT2D eigenvalue weighted by molar-refractivity contribution is 5.83. The second-order valence-corrected chi connectivity index (χ2v) is 5.50. The van der Waals surface area contributed by atoms with Gasteiger partial charge >= 0.3 is 12.0 Å². The number of rotatable bonds is 8. The molecule has 0 heterocycles. The third-order valence-electron chi connectivity index (χ3n) is 2.49. The van der Waals surface area contributed by atoms with Crippen LogP contribution in [-0.2, 0) is 9.53 Å². The zero-order chi connectivity index (χ0) is 14.9. The van der Waals surface area contributed by atoms with Gasteiger partial charge in [-0.2, -0.15) is 0 Å². The molecule has 6 heteroatoms. The van der Waals surface area contributed by atoms with Gasteiger partial charge in [-0.25, -0.2) is 9.59 Å². The van der Waals surface area contributed by atoms with Crippen molar-refractivity contribution in [1.29, 1.82) is 0 Å². The zero-order valence-electron chi connectivity index (χ0n) is 12.3. The average molecular weight is 274 g/mol. The Labute approximate surface area is 114 Å². The molecular formula is C13H26N2O4. The van der Waals surface area contributed by atoms with Crippen molar-refractivity contribution < 1.29 is 19.4 Å². The molecule has 0 aromatic heterocycles. The van der Waals surface area contributed by atoms with Crippen LogP contribution in [0.5, 0.6) is 0 Å². The molecule has 0 saturated carbocycles. The van der Waals surface area contributed by atoms with Crippen LogP contribution in [0.25, 0.3) is 0 Å². The second kappa shape index (κ2) is 8.74. The van der Waals surface area contributed by atoms with Crippen molar-refractivity contribution in [2.24, 2.45) is 5.41 Å². The van der Waals surface area contributed by atoms with E-state index in [2.05, 4.69) is 10.6 Å². The SMILES string of the molecule is CCCOCCCNC(=O)N[C@H](C(=O)O)C(C)(C)C. The van der Waals surface area contributed by atoms with Gasteiger partial charge in [-0.1, -0.05) is 27.7 Å². The lowest BCUT2D eigenvalue weighted by Crippen LogP contribution is -2.52. The second-order valence-electron chi connectivity index (χ2n) is 5.50. The third kappa shape index (κ3) is 8.42. The topological polar surface area (TPSA) is 87.7 Å². The fourth-order valence-corrected chi connectivity index (χ4v) is 1.45. The fourth-order valence-electron chi connectivity index (χ4n) is 1.45. The number of carbonyl (C=O) groups excluding carboxylic acids is 1. The lowest BCUT2D eigenvalue weighted by atomic mass is 9.87. The number of carbonyl (C=O) groups is 2. The molecule has 0 saturated heterocycles. The maximum atomic E-state index is 11.6. The van der Waals surface area contributed by atoms with Crippen LogP contribution < -0.4 is 10.6 Å². The summed E-state index contributed by atoms with van der Waals surface area (Å²) in [6, 6.07) is -1.37. The molecule has 6 nitrogen and oxygen atoms in total. The average Bonchev–Trinajstić information content (AvgIpc) is 2.28. The molecule has 19 heavy (non-hydrogen) atoms. The van der Waals surface area contributed by atoms with Gasteiger partial charge in [0.2, 0.25) is 0 Å². The molecule has 2 amide bonds. The number of hydrogen-bond acceptors (Lipinski definition) is 3. The Morgan fingerprint density at radius 1 is 1.26 bits per heavy atom. The Bertz CT molecular complexity index is 287. The molecule has 0 rings (SSSR count). The van der Waals surface area contributed by atoms with E-state index in [1.165, 1.54) is 0 Å². The van der Waals surface area contributed by atoms with Crippen LogP contribution >= 0.6 is 0 Å². The molecule has 0 aliphatic carbocycles. The highest BCUT2D eigenvalue weighted by Gasteiger charge is 2.32. The summed E-state index contributed by atoms with van der Waals surface area (Å²) in [7, 11) is 0. The van der Waals surface area contributed by atoms with Crippen molar-refractivity contribution >= 4 is 12.0 Å². The third-order valence-corrected chi connectivity index (χ3v) is 2.49. The summed E-state index contributed by atoms with van der Waals surface area (Å²) in [5.74, 6) is -1.03. The summed E-state index contributed by atoms with van der Waals surface area (Å²) in [5.41, 5.74) is -0.534. The van der Waals surface area contributed by atoms with E-state index < -0.39 is 23.5 Å². The van der Waals surface area contributed by atoms with Gasteiger partial charge in [-0.05, 0) is 18.3 Å². The highest BCUT2D eigenvalue weighted by atomic mass is 16.5. The molecule has 0 aromatic carbocycles. The predicted octanol–water partition coefficient (Wildman–Crippen LogP) is 1.60. The first-order valence-electron chi connectivity index (χ1n) is 6.64.